The molecule has 0 N–H and O–H groups in total. The Morgan fingerprint density at radius 1 is 1.29 bits per heavy atom. The fraction of sp³-hybridized carbons (Fsp3) is 0.500. The minimum Gasteiger partial charge on any atom is -0.294 e. The van der Waals surface area contributed by atoms with E-state index in [1.54, 1.807) is 0 Å². The number of aliphatic imine (C=N–C) groups is 1. The van der Waals surface area contributed by atoms with Gasteiger partial charge in [-0.3, -0.25) is 4.90 Å². The number of thiocarbonyl (C=S) groups is 1. The Morgan fingerprint density at radius 3 is 2.88 bits per heavy atom. The minimum absolute atomic E-state index is 0.541. The Hall–Kier alpha value is -1.02. The maximum Gasteiger partial charge on any atom is 0.0648 e. The molecule has 2 nitrogen and oxygen atoms in total. The monoisotopic (exact) mass is 246 g/mol. The summed E-state index contributed by atoms with van der Waals surface area (Å²) in [5.74, 6) is 0. The van der Waals surface area contributed by atoms with Crippen molar-refractivity contribution in [3.8, 4) is 0 Å². The molecule has 1 aromatic rings. The van der Waals surface area contributed by atoms with Gasteiger partial charge in [-0.05, 0) is 37.2 Å². The molecule has 1 aliphatic heterocycles. The van der Waals surface area contributed by atoms with E-state index in [2.05, 4.69) is 57.6 Å². The van der Waals surface area contributed by atoms with Gasteiger partial charge in [-0.2, -0.15) is 0 Å². The van der Waals surface area contributed by atoms with E-state index in [4.69, 9.17) is 0 Å². The molecule has 0 bridgehead atoms. The van der Waals surface area contributed by atoms with Crippen LogP contribution in [0.1, 0.15) is 24.8 Å². The zero-order chi connectivity index (χ0) is 11.9. The van der Waals surface area contributed by atoms with E-state index in [0.29, 0.717) is 6.04 Å². The van der Waals surface area contributed by atoms with Gasteiger partial charge < -0.3 is 0 Å². The van der Waals surface area contributed by atoms with Crippen molar-refractivity contribution in [2.45, 2.75) is 31.8 Å². The predicted molar refractivity (Wildman–Crippen MR) is 74.4 cm³/mol. The Kier molecular flexibility index (Phi) is 4.87. The number of isothiocyanates is 1. The molecule has 1 aromatic carbocycles. The average Bonchev–Trinajstić information content (AvgIpc) is 2.39. The first-order chi connectivity index (χ1) is 8.40. The van der Waals surface area contributed by atoms with Gasteiger partial charge in [0, 0.05) is 12.6 Å². The van der Waals surface area contributed by atoms with Crippen LogP contribution in [-0.2, 0) is 6.54 Å². The van der Waals surface area contributed by atoms with Crippen LogP contribution in [-0.4, -0.2) is 29.2 Å². The van der Waals surface area contributed by atoms with Crippen LogP contribution in [0.25, 0.3) is 0 Å². The molecule has 0 saturated carbocycles. The Labute approximate surface area is 108 Å². The van der Waals surface area contributed by atoms with Gasteiger partial charge in [-0.1, -0.05) is 36.8 Å². The molecule has 1 aliphatic rings. The number of likely N-dealkylation sites (tertiary alicyclic amines) is 1. The highest BCUT2D eigenvalue weighted by molar-refractivity contribution is 7.78. The van der Waals surface area contributed by atoms with Gasteiger partial charge in [0.2, 0.25) is 0 Å². The predicted octanol–water partition coefficient (Wildman–Crippen LogP) is 3.14. The number of hydrogen-bond acceptors (Lipinski definition) is 3. The summed E-state index contributed by atoms with van der Waals surface area (Å²) in [5, 5.41) is 2.48. The molecule has 2 rings (SSSR count). The molecule has 3 heteroatoms. The molecule has 0 aliphatic carbocycles. The van der Waals surface area contributed by atoms with Crippen LogP contribution in [0, 0.1) is 0 Å². The minimum atomic E-state index is 0.541. The van der Waals surface area contributed by atoms with Crippen LogP contribution >= 0.6 is 12.2 Å². The van der Waals surface area contributed by atoms with Crippen molar-refractivity contribution in [2.24, 2.45) is 4.99 Å². The molecular weight excluding hydrogens is 228 g/mol. The molecule has 1 atom stereocenters. The van der Waals surface area contributed by atoms with E-state index in [0.717, 1.165) is 13.1 Å². The summed E-state index contributed by atoms with van der Waals surface area (Å²) < 4.78 is 0. The summed E-state index contributed by atoms with van der Waals surface area (Å²) in [5.41, 5.74) is 1.38. The first kappa shape index (κ1) is 12.4. The summed E-state index contributed by atoms with van der Waals surface area (Å²) in [6.07, 6.45) is 3.83. The highest BCUT2D eigenvalue weighted by atomic mass is 32.1. The Balaban J connectivity index is 1.98. The van der Waals surface area contributed by atoms with Crippen LogP contribution in [0.3, 0.4) is 0 Å². The lowest BCUT2D eigenvalue weighted by Gasteiger charge is -2.34. The van der Waals surface area contributed by atoms with E-state index in [1.807, 2.05) is 0 Å². The second kappa shape index (κ2) is 6.65. The molecule has 1 saturated heterocycles. The van der Waals surface area contributed by atoms with Crippen LogP contribution in [0.15, 0.2) is 35.3 Å². The molecule has 17 heavy (non-hydrogen) atoms. The van der Waals surface area contributed by atoms with Crippen molar-refractivity contribution >= 4 is 17.4 Å². The second-order valence-electron chi connectivity index (χ2n) is 4.54. The molecule has 0 amide bonds. The normalized spacial score (nSPS) is 20.8. The zero-order valence-corrected chi connectivity index (χ0v) is 10.8. The zero-order valence-electron chi connectivity index (χ0n) is 10.0. The maximum atomic E-state index is 4.65. The lowest BCUT2D eigenvalue weighted by atomic mass is 10.0. The summed E-state index contributed by atoms with van der Waals surface area (Å²) in [7, 11) is 0. The van der Waals surface area contributed by atoms with Gasteiger partial charge in [-0.15, -0.1) is 0 Å². The van der Waals surface area contributed by atoms with E-state index >= 15 is 0 Å². The number of piperidine rings is 1. The topological polar surface area (TPSA) is 15.6 Å². The van der Waals surface area contributed by atoms with Crippen molar-refractivity contribution < 1.29 is 0 Å². The van der Waals surface area contributed by atoms with Gasteiger partial charge in [0.25, 0.3) is 0 Å². The number of nitrogens with zero attached hydrogens (tertiary/aromatic N) is 2. The molecule has 90 valence electrons. The third-order valence-corrected chi connectivity index (χ3v) is 3.47. The third kappa shape index (κ3) is 3.74. The lowest BCUT2D eigenvalue weighted by Crippen LogP contribution is -2.40. The first-order valence-corrected chi connectivity index (χ1v) is 6.62. The quantitative estimate of drug-likeness (QED) is 0.599. The van der Waals surface area contributed by atoms with Crippen molar-refractivity contribution in [2.75, 3.05) is 13.1 Å². The summed E-state index contributed by atoms with van der Waals surface area (Å²) in [6, 6.07) is 11.2. The van der Waals surface area contributed by atoms with Crippen molar-refractivity contribution in [1.82, 2.24) is 4.90 Å². The first-order valence-electron chi connectivity index (χ1n) is 6.22. The van der Waals surface area contributed by atoms with E-state index in [-0.39, 0.29) is 0 Å². The molecule has 1 fully saturated rings. The van der Waals surface area contributed by atoms with Crippen LogP contribution < -0.4 is 0 Å². The van der Waals surface area contributed by atoms with Crippen molar-refractivity contribution in [3.63, 3.8) is 0 Å². The fourth-order valence-corrected chi connectivity index (χ4v) is 2.51. The number of hydrogen-bond donors (Lipinski definition) is 0. The second-order valence-corrected chi connectivity index (χ2v) is 4.72. The van der Waals surface area contributed by atoms with Crippen molar-refractivity contribution in [3.05, 3.63) is 35.9 Å². The van der Waals surface area contributed by atoms with Gasteiger partial charge in [0.15, 0.2) is 0 Å². The number of benzene rings is 1. The summed E-state index contributed by atoms with van der Waals surface area (Å²) in [6.45, 7) is 3.00. The maximum absolute atomic E-state index is 4.65. The fourth-order valence-electron chi connectivity index (χ4n) is 2.44. The molecular formula is C14H18N2S. The smallest absolute Gasteiger partial charge is 0.0648 e. The Bertz CT molecular complexity index is 384. The third-order valence-electron chi connectivity index (χ3n) is 3.34. The molecule has 0 aromatic heterocycles. The molecule has 0 radical (unpaired) electrons. The Morgan fingerprint density at radius 2 is 2.12 bits per heavy atom. The summed E-state index contributed by atoms with van der Waals surface area (Å²) in [4.78, 5) is 6.63. The van der Waals surface area contributed by atoms with Crippen LogP contribution in [0.4, 0.5) is 0 Å². The standard InChI is InChI=1S/C14H18N2S/c17-12-15-10-14-8-4-5-9-16(14)11-13-6-2-1-3-7-13/h1-3,6-7,14H,4-5,8-11H2. The van der Waals surface area contributed by atoms with Gasteiger partial charge in [0.05, 0.1) is 11.7 Å². The van der Waals surface area contributed by atoms with Gasteiger partial charge in [-0.25, -0.2) is 4.99 Å². The highest BCUT2D eigenvalue weighted by Crippen LogP contribution is 2.19. The molecule has 1 heterocycles. The van der Waals surface area contributed by atoms with Gasteiger partial charge >= 0.3 is 0 Å². The van der Waals surface area contributed by atoms with Gasteiger partial charge in [0.1, 0.15) is 0 Å². The van der Waals surface area contributed by atoms with Crippen LogP contribution in [0.5, 0.6) is 0 Å². The number of rotatable bonds is 4. The van der Waals surface area contributed by atoms with Crippen molar-refractivity contribution in [1.29, 1.82) is 0 Å². The van der Waals surface area contributed by atoms with Crippen LogP contribution in [0.2, 0.25) is 0 Å². The highest BCUT2D eigenvalue weighted by Gasteiger charge is 2.21. The SMILES string of the molecule is S=C=NCC1CCCCN1Cc1ccccc1. The molecule has 0 spiro atoms. The summed E-state index contributed by atoms with van der Waals surface area (Å²) >= 11 is 4.65. The average molecular weight is 246 g/mol. The largest absolute Gasteiger partial charge is 0.294 e. The van der Waals surface area contributed by atoms with E-state index < -0.39 is 0 Å². The van der Waals surface area contributed by atoms with E-state index in [9.17, 15) is 0 Å². The van der Waals surface area contributed by atoms with E-state index in [1.165, 1.54) is 31.4 Å². The molecule has 1 unspecified atom stereocenters. The lowest BCUT2D eigenvalue weighted by molar-refractivity contribution is 0.145.